The van der Waals surface area contributed by atoms with Crippen molar-refractivity contribution in [3.63, 3.8) is 0 Å². The van der Waals surface area contributed by atoms with Crippen LogP contribution in [0.5, 0.6) is 11.5 Å². The van der Waals surface area contributed by atoms with Crippen molar-refractivity contribution in [2.75, 3.05) is 13.7 Å². The van der Waals surface area contributed by atoms with Crippen molar-refractivity contribution in [3.05, 3.63) is 59.7 Å². The average Bonchev–Trinajstić information content (AvgIpc) is 2.62. The summed E-state index contributed by atoms with van der Waals surface area (Å²) in [6.07, 6.45) is 3.71. The van der Waals surface area contributed by atoms with Crippen molar-refractivity contribution < 1.29 is 14.3 Å². The van der Waals surface area contributed by atoms with Gasteiger partial charge >= 0.3 is 0 Å². The number of nitrogens with one attached hydrogen (secondary N) is 1. The third-order valence-corrected chi connectivity index (χ3v) is 3.35. The number of hydrogen-bond donors (Lipinski definition) is 1. The molecule has 0 fully saturated rings. The molecular formula is C19H22N2O3. The molecule has 0 unspecified atom stereocenters. The fraction of sp³-hybridized carbons (Fsp3) is 0.263. The molecule has 0 radical (unpaired) electrons. The first-order valence-corrected chi connectivity index (χ1v) is 7.89. The van der Waals surface area contributed by atoms with Crippen molar-refractivity contribution in [1.82, 2.24) is 5.43 Å². The van der Waals surface area contributed by atoms with Gasteiger partial charge in [0.05, 0.1) is 13.3 Å². The number of nitrogens with zero attached hydrogens (tertiary/aromatic N) is 1. The van der Waals surface area contributed by atoms with Crippen molar-refractivity contribution in [2.24, 2.45) is 5.10 Å². The van der Waals surface area contributed by atoms with Gasteiger partial charge in [-0.2, -0.15) is 5.10 Å². The maximum absolute atomic E-state index is 11.7. The van der Waals surface area contributed by atoms with Gasteiger partial charge in [0.1, 0.15) is 11.5 Å². The monoisotopic (exact) mass is 326 g/mol. The number of hydrogen-bond acceptors (Lipinski definition) is 4. The number of methoxy groups -OCH3 is 1. The molecule has 0 spiro atoms. The molecule has 2 rings (SSSR count). The molecule has 0 heterocycles. The lowest BCUT2D eigenvalue weighted by Crippen LogP contribution is -2.24. The molecule has 0 aliphatic rings. The minimum Gasteiger partial charge on any atom is -0.497 e. The number of hydrazone groups is 1. The van der Waals surface area contributed by atoms with Gasteiger partial charge in [0.2, 0.25) is 0 Å². The van der Waals surface area contributed by atoms with E-state index in [2.05, 4.69) is 17.5 Å². The van der Waals surface area contributed by atoms with Crippen LogP contribution in [0.4, 0.5) is 0 Å². The number of carbonyl (C=O) groups is 1. The molecule has 126 valence electrons. The maximum Gasteiger partial charge on any atom is 0.277 e. The first-order valence-electron chi connectivity index (χ1n) is 7.89. The van der Waals surface area contributed by atoms with Crippen LogP contribution < -0.4 is 14.9 Å². The Morgan fingerprint density at radius 2 is 1.75 bits per heavy atom. The minimum atomic E-state index is -0.308. The van der Waals surface area contributed by atoms with Crippen LogP contribution in [0.3, 0.4) is 0 Å². The Bertz CT molecular complexity index is 664. The van der Waals surface area contributed by atoms with Gasteiger partial charge in [0, 0.05) is 0 Å². The number of benzene rings is 2. The summed E-state index contributed by atoms with van der Waals surface area (Å²) in [5, 5.41) is 3.90. The zero-order valence-electron chi connectivity index (χ0n) is 14.0. The lowest BCUT2D eigenvalue weighted by Gasteiger charge is -2.06. The van der Waals surface area contributed by atoms with Crippen LogP contribution in [0.1, 0.15) is 24.5 Å². The highest BCUT2D eigenvalue weighted by Crippen LogP contribution is 2.13. The summed E-state index contributed by atoms with van der Waals surface area (Å²) in [5.41, 5.74) is 4.56. The van der Waals surface area contributed by atoms with Gasteiger partial charge in [0.25, 0.3) is 5.91 Å². The fourth-order valence-electron chi connectivity index (χ4n) is 2.09. The highest BCUT2D eigenvalue weighted by Gasteiger charge is 2.01. The zero-order valence-corrected chi connectivity index (χ0v) is 14.0. The average molecular weight is 326 g/mol. The van der Waals surface area contributed by atoms with Crippen molar-refractivity contribution in [2.45, 2.75) is 19.8 Å². The normalized spacial score (nSPS) is 10.6. The van der Waals surface area contributed by atoms with E-state index in [4.69, 9.17) is 9.47 Å². The van der Waals surface area contributed by atoms with E-state index in [9.17, 15) is 4.79 Å². The quantitative estimate of drug-likeness (QED) is 0.599. The summed E-state index contributed by atoms with van der Waals surface area (Å²) in [4.78, 5) is 11.7. The fourth-order valence-corrected chi connectivity index (χ4v) is 2.09. The highest BCUT2D eigenvalue weighted by atomic mass is 16.5. The standard InChI is InChI=1S/C19H22N2O3/c1-3-4-15-5-11-18(12-6-15)24-14-19(22)21-20-13-16-7-9-17(23-2)10-8-16/h5-13H,3-4,14H2,1-2H3,(H,21,22)/b20-13+. The number of amides is 1. The van der Waals surface area contributed by atoms with Gasteiger partial charge in [0.15, 0.2) is 6.61 Å². The van der Waals surface area contributed by atoms with Crippen LogP contribution in [0, 0.1) is 0 Å². The summed E-state index contributed by atoms with van der Waals surface area (Å²) in [7, 11) is 1.61. The second-order valence-corrected chi connectivity index (χ2v) is 5.25. The Labute approximate surface area is 142 Å². The lowest BCUT2D eigenvalue weighted by atomic mass is 10.1. The summed E-state index contributed by atoms with van der Waals surface area (Å²) in [5.74, 6) is 1.14. The predicted octanol–water partition coefficient (Wildman–Crippen LogP) is 3.18. The molecule has 0 aliphatic carbocycles. The van der Waals surface area contributed by atoms with Crippen LogP contribution in [0.15, 0.2) is 53.6 Å². The summed E-state index contributed by atoms with van der Waals surface area (Å²) >= 11 is 0. The Morgan fingerprint density at radius 1 is 1.08 bits per heavy atom. The first-order chi connectivity index (χ1) is 11.7. The predicted molar refractivity (Wildman–Crippen MR) is 94.7 cm³/mol. The molecule has 24 heavy (non-hydrogen) atoms. The van der Waals surface area contributed by atoms with E-state index in [-0.39, 0.29) is 12.5 Å². The molecular weight excluding hydrogens is 304 g/mol. The Balaban J connectivity index is 1.75. The maximum atomic E-state index is 11.7. The van der Waals surface area contributed by atoms with E-state index in [0.717, 1.165) is 24.2 Å². The summed E-state index contributed by atoms with van der Waals surface area (Å²) < 4.78 is 10.5. The third kappa shape index (κ3) is 5.76. The van der Waals surface area contributed by atoms with Crippen LogP contribution >= 0.6 is 0 Å². The highest BCUT2D eigenvalue weighted by molar-refractivity contribution is 5.83. The van der Waals surface area contributed by atoms with E-state index in [0.29, 0.717) is 5.75 Å². The molecule has 0 atom stereocenters. The lowest BCUT2D eigenvalue weighted by molar-refractivity contribution is -0.123. The SMILES string of the molecule is CCCc1ccc(OCC(=O)N/N=C/c2ccc(OC)cc2)cc1. The van der Waals surface area contributed by atoms with Crippen LogP contribution in [-0.4, -0.2) is 25.8 Å². The molecule has 2 aromatic rings. The Kier molecular flexibility index (Phi) is 6.83. The summed E-state index contributed by atoms with van der Waals surface area (Å²) in [6.45, 7) is 2.06. The number of carbonyl (C=O) groups excluding carboxylic acids is 1. The number of rotatable bonds is 8. The van der Waals surface area contributed by atoms with E-state index in [1.54, 1.807) is 13.3 Å². The van der Waals surface area contributed by atoms with Crippen molar-refractivity contribution >= 4 is 12.1 Å². The minimum absolute atomic E-state index is 0.0763. The van der Waals surface area contributed by atoms with E-state index in [1.807, 2.05) is 48.5 Å². The molecule has 5 nitrogen and oxygen atoms in total. The van der Waals surface area contributed by atoms with Gasteiger partial charge in [-0.25, -0.2) is 5.43 Å². The second kappa shape index (κ2) is 9.35. The number of aryl methyl sites for hydroxylation is 1. The zero-order chi connectivity index (χ0) is 17.2. The van der Waals surface area contributed by atoms with Crippen molar-refractivity contribution in [3.8, 4) is 11.5 Å². The molecule has 0 saturated heterocycles. The second-order valence-electron chi connectivity index (χ2n) is 5.25. The van der Waals surface area contributed by atoms with Gasteiger partial charge in [-0.05, 0) is 53.9 Å². The summed E-state index contributed by atoms with van der Waals surface area (Å²) in [6, 6.07) is 15.1. The molecule has 0 aliphatic heterocycles. The van der Waals surface area contributed by atoms with Gasteiger partial charge in [-0.15, -0.1) is 0 Å². The molecule has 0 bridgehead atoms. The first kappa shape index (κ1) is 17.5. The topological polar surface area (TPSA) is 59.9 Å². The van der Waals surface area contributed by atoms with Crippen LogP contribution in [-0.2, 0) is 11.2 Å². The number of ether oxygens (including phenoxy) is 2. The molecule has 1 amide bonds. The third-order valence-electron chi connectivity index (χ3n) is 3.35. The molecule has 0 aromatic heterocycles. The molecule has 0 saturated carbocycles. The van der Waals surface area contributed by atoms with Crippen LogP contribution in [0.2, 0.25) is 0 Å². The van der Waals surface area contributed by atoms with E-state index >= 15 is 0 Å². The largest absolute Gasteiger partial charge is 0.497 e. The van der Waals surface area contributed by atoms with Gasteiger partial charge in [-0.1, -0.05) is 25.5 Å². The molecule has 5 heteroatoms. The Morgan fingerprint density at radius 3 is 2.38 bits per heavy atom. The van der Waals surface area contributed by atoms with Crippen LogP contribution in [0.25, 0.3) is 0 Å². The van der Waals surface area contributed by atoms with E-state index < -0.39 is 0 Å². The Hall–Kier alpha value is -2.82. The molecule has 2 aromatic carbocycles. The van der Waals surface area contributed by atoms with Crippen molar-refractivity contribution in [1.29, 1.82) is 0 Å². The van der Waals surface area contributed by atoms with Gasteiger partial charge < -0.3 is 9.47 Å². The smallest absolute Gasteiger partial charge is 0.277 e. The van der Waals surface area contributed by atoms with E-state index in [1.165, 1.54) is 5.56 Å². The molecule has 1 N–H and O–H groups in total. The van der Waals surface area contributed by atoms with Gasteiger partial charge in [-0.3, -0.25) is 4.79 Å².